The Morgan fingerprint density at radius 1 is 1.14 bits per heavy atom. The second-order valence-electron chi connectivity index (χ2n) is 8.38. The van der Waals surface area contributed by atoms with E-state index in [-0.39, 0.29) is 11.8 Å². The number of hydrogen-bond acceptors (Lipinski definition) is 6. The summed E-state index contributed by atoms with van der Waals surface area (Å²) in [5.41, 5.74) is 8.05. The Hall–Kier alpha value is -4.84. The van der Waals surface area contributed by atoms with Crippen LogP contribution in [0.1, 0.15) is 37.0 Å². The smallest absolute Gasteiger partial charge is 0.412 e. The Bertz CT molecular complexity index is 1320. The van der Waals surface area contributed by atoms with Crippen molar-refractivity contribution in [3.05, 3.63) is 95.8 Å². The van der Waals surface area contributed by atoms with Crippen LogP contribution < -0.4 is 16.4 Å². The van der Waals surface area contributed by atoms with Crippen LogP contribution in [0.25, 0.3) is 0 Å². The first kappa shape index (κ1) is 26.8. The fourth-order valence-corrected chi connectivity index (χ4v) is 3.59. The van der Waals surface area contributed by atoms with E-state index in [1.165, 1.54) is 18.2 Å². The maximum atomic E-state index is 14.1. The minimum atomic E-state index is -0.833. The zero-order valence-electron chi connectivity index (χ0n) is 20.1. The lowest BCUT2D eigenvalue weighted by atomic mass is 9.93. The highest BCUT2D eigenvalue weighted by Crippen LogP contribution is 2.32. The average Bonchev–Trinajstić information content (AvgIpc) is 2.88. The van der Waals surface area contributed by atoms with Gasteiger partial charge < -0.3 is 20.9 Å². The molecular formula is C28H27FN4O4. The number of nitrogen functional groups attached to an aromatic ring is 1. The SMILES string of the molecule is C[C@H](CC/C=C/C(=O)Nc1ccccc1N)[C@H](OC(=O)Nc1ccc(C#N)cc1)c1ccc(O)c(F)c1. The van der Waals surface area contributed by atoms with Crippen molar-refractivity contribution in [1.82, 2.24) is 0 Å². The van der Waals surface area contributed by atoms with Crippen LogP contribution in [0.4, 0.5) is 26.2 Å². The molecule has 190 valence electrons. The largest absolute Gasteiger partial charge is 0.505 e. The number of amides is 2. The van der Waals surface area contributed by atoms with E-state index in [1.54, 1.807) is 54.6 Å². The summed E-state index contributed by atoms with van der Waals surface area (Å²) in [5.74, 6) is -1.94. The summed E-state index contributed by atoms with van der Waals surface area (Å²) in [5, 5.41) is 23.8. The molecule has 0 aliphatic heterocycles. The number of phenols is 1. The molecule has 0 heterocycles. The minimum Gasteiger partial charge on any atom is -0.505 e. The van der Waals surface area contributed by atoms with Gasteiger partial charge in [-0.15, -0.1) is 0 Å². The van der Waals surface area contributed by atoms with Gasteiger partial charge >= 0.3 is 6.09 Å². The van der Waals surface area contributed by atoms with E-state index in [2.05, 4.69) is 10.6 Å². The topological polar surface area (TPSA) is 137 Å². The molecule has 0 aliphatic carbocycles. The van der Waals surface area contributed by atoms with Crippen LogP contribution in [0.3, 0.4) is 0 Å². The van der Waals surface area contributed by atoms with Gasteiger partial charge in [-0.3, -0.25) is 10.1 Å². The molecule has 3 aromatic carbocycles. The average molecular weight is 503 g/mol. The van der Waals surface area contributed by atoms with E-state index in [9.17, 15) is 19.1 Å². The molecule has 0 bridgehead atoms. The number of halogens is 1. The molecule has 0 saturated carbocycles. The van der Waals surface area contributed by atoms with Gasteiger partial charge in [0, 0.05) is 5.69 Å². The number of anilines is 3. The number of phenolic OH excluding ortho intramolecular Hbond substituents is 1. The minimum absolute atomic E-state index is 0.270. The van der Waals surface area contributed by atoms with Gasteiger partial charge in [0.25, 0.3) is 0 Å². The summed E-state index contributed by atoms with van der Waals surface area (Å²) in [4.78, 5) is 24.8. The second kappa shape index (κ2) is 12.7. The molecule has 0 fully saturated rings. The van der Waals surface area contributed by atoms with Crippen LogP contribution >= 0.6 is 0 Å². The van der Waals surface area contributed by atoms with Gasteiger partial charge in [0.15, 0.2) is 11.6 Å². The highest BCUT2D eigenvalue weighted by atomic mass is 19.1. The van der Waals surface area contributed by atoms with Crippen molar-refractivity contribution in [2.75, 3.05) is 16.4 Å². The number of nitrogens with one attached hydrogen (secondary N) is 2. The molecular weight excluding hydrogens is 475 g/mol. The van der Waals surface area contributed by atoms with Crippen LogP contribution in [0.5, 0.6) is 5.75 Å². The Kier molecular flexibility index (Phi) is 9.22. The third kappa shape index (κ3) is 7.83. The van der Waals surface area contributed by atoms with E-state index < -0.39 is 23.8 Å². The third-order valence-electron chi connectivity index (χ3n) is 5.59. The van der Waals surface area contributed by atoms with Crippen LogP contribution in [-0.4, -0.2) is 17.1 Å². The number of carbonyl (C=O) groups excluding carboxylic acids is 2. The monoisotopic (exact) mass is 502 g/mol. The van der Waals surface area contributed by atoms with Gasteiger partial charge in [0.2, 0.25) is 5.91 Å². The summed E-state index contributed by atoms with van der Waals surface area (Å²) < 4.78 is 19.7. The normalized spacial score (nSPS) is 12.4. The van der Waals surface area contributed by atoms with E-state index in [0.717, 1.165) is 6.07 Å². The summed E-state index contributed by atoms with van der Waals surface area (Å²) in [6.45, 7) is 1.84. The lowest BCUT2D eigenvalue weighted by molar-refractivity contribution is -0.111. The van der Waals surface area contributed by atoms with Crippen LogP contribution in [-0.2, 0) is 9.53 Å². The third-order valence-corrected chi connectivity index (χ3v) is 5.59. The number of nitrogens with two attached hydrogens (primary N) is 1. The number of para-hydroxylation sites is 2. The molecule has 0 spiro atoms. The summed E-state index contributed by atoms with van der Waals surface area (Å²) in [6, 6.07) is 19.0. The Morgan fingerprint density at radius 3 is 2.54 bits per heavy atom. The van der Waals surface area contributed by atoms with Crippen molar-refractivity contribution in [3.63, 3.8) is 0 Å². The molecule has 3 rings (SSSR count). The molecule has 2 amide bonds. The molecule has 9 heteroatoms. The molecule has 0 radical (unpaired) electrons. The molecule has 37 heavy (non-hydrogen) atoms. The lowest BCUT2D eigenvalue weighted by Crippen LogP contribution is -2.22. The summed E-state index contributed by atoms with van der Waals surface area (Å²) >= 11 is 0. The highest BCUT2D eigenvalue weighted by Gasteiger charge is 2.24. The van der Waals surface area contributed by atoms with E-state index in [0.29, 0.717) is 41.0 Å². The molecule has 5 N–H and O–H groups in total. The first-order chi connectivity index (χ1) is 17.8. The predicted molar refractivity (Wildman–Crippen MR) is 139 cm³/mol. The second-order valence-corrected chi connectivity index (χ2v) is 8.38. The number of carbonyl (C=O) groups is 2. The molecule has 2 atom stereocenters. The van der Waals surface area contributed by atoms with E-state index >= 15 is 0 Å². The Labute approximate surface area is 214 Å². The number of nitriles is 1. The van der Waals surface area contributed by atoms with Crippen molar-refractivity contribution in [2.45, 2.75) is 25.9 Å². The molecule has 0 unspecified atom stereocenters. The lowest BCUT2D eigenvalue weighted by Gasteiger charge is -2.25. The van der Waals surface area contributed by atoms with Crippen molar-refractivity contribution in [1.29, 1.82) is 5.26 Å². The van der Waals surface area contributed by atoms with Crippen molar-refractivity contribution in [3.8, 4) is 11.8 Å². The number of ether oxygens (including phenoxy) is 1. The fraction of sp³-hybridized carbons (Fsp3) is 0.179. The van der Waals surface area contributed by atoms with Crippen molar-refractivity contribution >= 4 is 29.1 Å². The maximum Gasteiger partial charge on any atom is 0.412 e. The Balaban J connectivity index is 1.64. The maximum absolute atomic E-state index is 14.1. The quantitative estimate of drug-likeness (QED) is 0.213. The molecule has 0 saturated heterocycles. The van der Waals surface area contributed by atoms with Gasteiger partial charge in [-0.25, -0.2) is 9.18 Å². The van der Waals surface area contributed by atoms with Crippen LogP contribution in [0.2, 0.25) is 0 Å². The zero-order valence-corrected chi connectivity index (χ0v) is 20.1. The summed E-state index contributed by atoms with van der Waals surface area (Å²) in [6.07, 6.45) is 2.49. The van der Waals surface area contributed by atoms with Gasteiger partial charge in [-0.05, 0) is 78.9 Å². The summed E-state index contributed by atoms with van der Waals surface area (Å²) in [7, 11) is 0. The number of benzene rings is 3. The van der Waals surface area contributed by atoms with Crippen molar-refractivity contribution in [2.24, 2.45) is 5.92 Å². The van der Waals surface area contributed by atoms with Crippen LogP contribution in [0.15, 0.2) is 78.9 Å². The van der Waals surface area contributed by atoms with Gasteiger partial charge in [0.05, 0.1) is 23.0 Å². The number of rotatable bonds is 9. The van der Waals surface area contributed by atoms with Crippen LogP contribution in [0, 0.1) is 23.1 Å². The highest BCUT2D eigenvalue weighted by molar-refractivity contribution is 6.01. The molecule has 0 aromatic heterocycles. The fourth-order valence-electron chi connectivity index (χ4n) is 3.59. The van der Waals surface area contributed by atoms with E-state index in [1.807, 2.05) is 13.0 Å². The zero-order chi connectivity index (χ0) is 26.8. The predicted octanol–water partition coefficient (Wildman–Crippen LogP) is 5.89. The molecule has 3 aromatic rings. The first-order valence-electron chi connectivity index (χ1n) is 11.5. The van der Waals surface area contributed by atoms with Gasteiger partial charge in [0.1, 0.15) is 6.10 Å². The number of allylic oxidation sites excluding steroid dienone is 1. The number of hydrogen-bond donors (Lipinski definition) is 4. The van der Waals surface area contributed by atoms with Gasteiger partial charge in [-0.1, -0.05) is 31.2 Å². The van der Waals surface area contributed by atoms with E-state index in [4.69, 9.17) is 15.7 Å². The number of nitrogens with zero attached hydrogens (tertiary/aromatic N) is 1. The molecule has 0 aliphatic rings. The molecule has 8 nitrogen and oxygen atoms in total. The Morgan fingerprint density at radius 2 is 1.86 bits per heavy atom. The standard InChI is InChI=1S/C28H27FN4O4/c1-18(6-2-5-9-26(35)33-24-8-4-3-7-23(24)31)27(20-12-15-25(34)22(29)16-20)37-28(36)32-21-13-10-19(17-30)11-14-21/h3-5,7-16,18,27,34H,2,6,31H2,1H3,(H,32,36)(H,33,35)/b9-5+/t18-,27+/m1/s1. The van der Waals surface area contributed by atoms with Gasteiger partial charge in [-0.2, -0.15) is 5.26 Å². The number of aromatic hydroxyl groups is 1. The first-order valence-corrected chi connectivity index (χ1v) is 11.5. The van der Waals surface area contributed by atoms with Crippen molar-refractivity contribution < 1.29 is 23.8 Å².